The Morgan fingerprint density at radius 2 is 1.95 bits per heavy atom. The van der Waals surface area contributed by atoms with Crippen LogP contribution in [-0.2, 0) is 0 Å². The van der Waals surface area contributed by atoms with Crippen LogP contribution in [0.4, 0.5) is 0 Å². The second-order valence-corrected chi connectivity index (χ2v) is 7.87. The first-order valence-electron chi connectivity index (χ1n) is 7.38. The molecule has 0 spiro atoms. The van der Waals surface area contributed by atoms with Crippen molar-refractivity contribution in [1.82, 2.24) is 5.32 Å². The van der Waals surface area contributed by atoms with Crippen molar-refractivity contribution in [3.63, 3.8) is 0 Å². The maximum Gasteiger partial charge on any atom is 0.0305 e. The van der Waals surface area contributed by atoms with Crippen LogP contribution in [0.3, 0.4) is 0 Å². The van der Waals surface area contributed by atoms with Gasteiger partial charge in [0, 0.05) is 16.6 Å². The summed E-state index contributed by atoms with van der Waals surface area (Å²) < 4.78 is 1.21. The molecule has 0 heterocycles. The smallest absolute Gasteiger partial charge is 0.0305 e. The van der Waals surface area contributed by atoms with Gasteiger partial charge in [-0.05, 0) is 49.1 Å². The van der Waals surface area contributed by atoms with E-state index in [9.17, 15) is 0 Å². The fourth-order valence-corrected chi connectivity index (χ4v) is 4.37. The lowest BCUT2D eigenvalue weighted by molar-refractivity contribution is 0.145. The van der Waals surface area contributed by atoms with E-state index in [-0.39, 0.29) is 0 Å². The fourth-order valence-electron chi connectivity index (χ4n) is 3.74. The number of hydrogen-bond donors (Lipinski definition) is 1. The Kier molecular flexibility index (Phi) is 4.73. The average molecular weight is 324 g/mol. The van der Waals surface area contributed by atoms with Crippen LogP contribution in [0.25, 0.3) is 0 Å². The summed E-state index contributed by atoms with van der Waals surface area (Å²) in [6.45, 7) is 9.46. The highest BCUT2D eigenvalue weighted by atomic mass is 79.9. The lowest BCUT2D eigenvalue weighted by atomic mass is 9.70. The van der Waals surface area contributed by atoms with E-state index < -0.39 is 0 Å². The molecule has 1 N–H and O–H groups in total. The van der Waals surface area contributed by atoms with E-state index in [1.165, 1.54) is 29.3 Å². The molecule has 2 rings (SSSR count). The zero-order valence-electron chi connectivity index (χ0n) is 12.5. The van der Waals surface area contributed by atoms with Gasteiger partial charge < -0.3 is 5.32 Å². The summed E-state index contributed by atoms with van der Waals surface area (Å²) in [5.74, 6) is 0.827. The minimum atomic E-state index is 0.404. The largest absolute Gasteiger partial charge is 0.307 e. The molecule has 0 aliphatic heterocycles. The minimum absolute atomic E-state index is 0.404. The van der Waals surface area contributed by atoms with Gasteiger partial charge in [-0.15, -0.1) is 0 Å². The molecule has 0 saturated heterocycles. The average Bonchev–Trinajstić information content (AvgIpc) is 2.26. The van der Waals surface area contributed by atoms with Gasteiger partial charge in [-0.2, -0.15) is 0 Å². The highest BCUT2D eigenvalue weighted by Gasteiger charge is 2.32. The van der Waals surface area contributed by atoms with Gasteiger partial charge in [-0.3, -0.25) is 0 Å². The summed E-state index contributed by atoms with van der Waals surface area (Å²) in [6, 6.07) is 9.57. The van der Waals surface area contributed by atoms with E-state index in [1.54, 1.807) is 0 Å². The number of halogens is 1. The van der Waals surface area contributed by atoms with E-state index >= 15 is 0 Å². The van der Waals surface area contributed by atoms with E-state index in [4.69, 9.17) is 0 Å². The van der Waals surface area contributed by atoms with Gasteiger partial charge in [0.05, 0.1) is 0 Å². The van der Waals surface area contributed by atoms with Gasteiger partial charge in [0.2, 0.25) is 0 Å². The van der Waals surface area contributed by atoms with Crippen LogP contribution in [0.2, 0.25) is 0 Å². The fraction of sp³-hybridized carbons (Fsp3) is 0.647. The maximum atomic E-state index is 3.83. The van der Waals surface area contributed by atoms with Crippen molar-refractivity contribution in [3.8, 4) is 0 Å². The normalized spacial score (nSPS) is 28.1. The molecule has 0 bridgehead atoms. The summed E-state index contributed by atoms with van der Waals surface area (Å²) >= 11 is 3.66. The predicted octanol–water partition coefficient (Wildman–Crippen LogP) is 5.31. The molecule has 1 aromatic rings. The van der Waals surface area contributed by atoms with Crippen LogP contribution in [0.15, 0.2) is 28.7 Å². The quantitative estimate of drug-likeness (QED) is 0.794. The van der Waals surface area contributed by atoms with Crippen molar-refractivity contribution in [1.29, 1.82) is 0 Å². The van der Waals surface area contributed by atoms with Gasteiger partial charge in [-0.25, -0.2) is 0 Å². The molecule has 1 nitrogen and oxygen atoms in total. The first-order valence-corrected chi connectivity index (χ1v) is 8.17. The van der Waals surface area contributed by atoms with Crippen molar-refractivity contribution in [2.24, 2.45) is 11.3 Å². The predicted molar refractivity (Wildman–Crippen MR) is 86.3 cm³/mol. The highest BCUT2D eigenvalue weighted by molar-refractivity contribution is 9.10. The standard InChI is InChI=1S/C17H26BrN/c1-12-9-14(11-17(3,4)10-12)19-13(2)15-7-5-6-8-16(15)18/h5-8,12-14,19H,9-11H2,1-4H3. The number of rotatable bonds is 3. The second kappa shape index (κ2) is 5.97. The van der Waals surface area contributed by atoms with Crippen molar-refractivity contribution >= 4 is 15.9 Å². The molecular formula is C17H26BrN. The number of nitrogens with one attached hydrogen (secondary N) is 1. The van der Waals surface area contributed by atoms with Crippen LogP contribution in [-0.4, -0.2) is 6.04 Å². The van der Waals surface area contributed by atoms with E-state index in [0.29, 0.717) is 17.5 Å². The molecule has 0 aromatic heterocycles. The molecule has 19 heavy (non-hydrogen) atoms. The van der Waals surface area contributed by atoms with Crippen LogP contribution in [0.5, 0.6) is 0 Å². The Bertz CT molecular complexity index is 427. The molecule has 106 valence electrons. The third-order valence-corrected chi connectivity index (χ3v) is 4.97. The molecule has 1 aromatic carbocycles. The van der Waals surface area contributed by atoms with Crippen molar-refractivity contribution in [2.45, 2.75) is 59.0 Å². The highest BCUT2D eigenvalue weighted by Crippen LogP contribution is 2.39. The van der Waals surface area contributed by atoms with Gasteiger partial charge in [-0.1, -0.05) is 54.9 Å². The maximum absolute atomic E-state index is 3.83. The third-order valence-electron chi connectivity index (χ3n) is 4.24. The number of hydrogen-bond acceptors (Lipinski definition) is 1. The third kappa shape index (κ3) is 4.06. The van der Waals surface area contributed by atoms with E-state index in [1.807, 2.05) is 0 Å². The zero-order valence-corrected chi connectivity index (χ0v) is 14.1. The summed E-state index contributed by atoms with van der Waals surface area (Å²) in [5, 5.41) is 3.83. The summed E-state index contributed by atoms with van der Waals surface area (Å²) in [5.41, 5.74) is 1.83. The first kappa shape index (κ1) is 15.1. The minimum Gasteiger partial charge on any atom is -0.307 e. The van der Waals surface area contributed by atoms with Crippen molar-refractivity contribution < 1.29 is 0 Å². The van der Waals surface area contributed by atoms with Crippen LogP contribution < -0.4 is 5.32 Å². The lowest BCUT2D eigenvalue weighted by Crippen LogP contribution is -2.41. The molecule has 0 radical (unpaired) electrons. The Hall–Kier alpha value is -0.340. The van der Waals surface area contributed by atoms with Gasteiger partial charge in [0.1, 0.15) is 0 Å². The Balaban J connectivity index is 2.03. The first-order chi connectivity index (χ1) is 8.87. The van der Waals surface area contributed by atoms with Crippen LogP contribution in [0, 0.1) is 11.3 Å². The summed E-state index contributed by atoms with van der Waals surface area (Å²) in [4.78, 5) is 0. The topological polar surface area (TPSA) is 12.0 Å². The monoisotopic (exact) mass is 323 g/mol. The van der Waals surface area contributed by atoms with Crippen LogP contribution >= 0.6 is 15.9 Å². The Morgan fingerprint density at radius 3 is 2.58 bits per heavy atom. The lowest BCUT2D eigenvalue weighted by Gasteiger charge is -2.40. The summed E-state index contributed by atoms with van der Waals surface area (Å²) in [7, 11) is 0. The van der Waals surface area contributed by atoms with E-state index in [0.717, 1.165) is 5.92 Å². The molecule has 1 saturated carbocycles. The second-order valence-electron chi connectivity index (χ2n) is 7.02. The van der Waals surface area contributed by atoms with Gasteiger partial charge >= 0.3 is 0 Å². The van der Waals surface area contributed by atoms with Crippen molar-refractivity contribution in [3.05, 3.63) is 34.3 Å². The van der Waals surface area contributed by atoms with E-state index in [2.05, 4.69) is 73.2 Å². The molecule has 0 amide bonds. The molecule has 2 heteroatoms. The van der Waals surface area contributed by atoms with Gasteiger partial charge in [0.25, 0.3) is 0 Å². The molecule has 1 aliphatic carbocycles. The summed E-state index contributed by atoms with van der Waals surface area (Å²) in [6.07, 6.45) is 3.94. The van der Waals surface area contributed by atoms with Crippen molar-refractivity contribution in [2.75, 3.05) is 0 Å². The number of benzene rings is 1. The zero-order chi connectivity index (χ0) is 14.0. The SMILES string of the molecule is CC1CC(NC(C)c2ccccc2Br)CC(C)(C)C1. The Morgan fingerprint density at radius 1 is 1.26 bits per heavy atom. The molecule has 1 fully saturated rings. The molecular weight excluding hydrogens is 298 g/mol. The van der Waals surface area contributed by atoms with Gasteiger partial charge in [0.15, 0.2) is 0 Å². The molecule has 1 aliphatic rings. The Labute approximate surface area is 126 Å². The molecule has 3 unspecified atom stereocenters. The van der Waals surface area contributed by atoms with Crippen LogP contribution in [0.1, 0.15) is 58.6 Å². The molecule has 3 atom stereocenters.